The number of hydrogen-bond donors (Lipinski definition) is 0. The van der Waals surface area contributed by atoms with E-state index >= 15 is 0 Å². The molecule has 0 saturated heterocycles. The van der Waals surface area contributed by atoms with Gasteiger partial charge in [-0.05, 0) is 469 Å². The molecule has 20 aromatic rings. The molecule has 766 valence electrons. The quantitative estimate of drug-likeness (QED) is 0.168. The van der Waals surface area contributed by atoms with Crippen molar-refractivity contribution in [2.24, 2.45) is 0 Å². The van der Waals surface area contributed by atoms with Crippen molar-refractivity contribution in [1.82, 2.24) is 32.0 Å². The maximum absolute atomic E-state index is 2.70. The summed E-state index contributed by atoms with van der Waals surface area (Å²) in [5.74, 6) is 0. The fourth-order valence-electron chi connectivity index (χ4n) is 25.5. The van der Waals surface area contributed by atoms with Gasteiger partial charge in [0.25, 0.3) is 0 Å². The van der Waals surface area contributed by atoms with Crippen molar-refractivity contribution in [3.8, 4) is 22.3 Å². The van der Waals surface area contributed by atoms with Gasteiger partial charge in [-0.3, -0.25) is 0 Å². The first kappa shape index (κ1) is 106. The smallest absolute Gasteiger partial charge is 0.0496 e. The molecule has 13 aromatic carbocycles. The van der Waals surface area contributed by atoms with Crippen LogP contribution in [0.5, 0.6) is 0 Å². The topological polar surface area (TPSA) is 34.5 Å². The van der Waals surface area contributed by atoms with Crippen molar-refractivity contribution in [3.63, 3.8) is 0 Å². The first-order valence-corrected chi connectivity index (χ1v) is 55.4. The summed E-state index contributed by atoms with van der Waals surface area (Å²) < 4.78 is 17.6. The van der Waals surface area contributed by atoms with Crippen LogP contribution in [0.3, 0.4) is 0 Å². The Bertz CT molecular complexity index is 8050. The minimum absolute atomic E-state index is 0.0194. The molecule has 7 nitrogen and oxygen atoms in total. The lowest BCUT2D eigenvalue weighted by Crippen LogP contribution is -2.27. The Labute approximate surface area is 881 Å². The Balaban J connectivity index is 0.000000119. The highest BCUT2D eigenvalue weighted by Crippen LogP contribution is 2.47. The molecule has 3 aliphatic rings. The highest BCUT2D eigenvalue weighted by Gasteiger charge is 2.34. The van der Waals surface area contributed by atoms with Crippen LogP contribution in [0.4, 0.5) is 0 Å². The minimum Gasteiger partial charge on any atom is -0.343 e. The molecule has 0 atom stereocenters. The zero-order valence-corrected chi connectivity index (χ0v) is 96.4. The largest absolute Gasteiger partial charge is 0.343 e. The maximum atomic E-state index is 2.70. The number of fused-ring (bicyclic) bond motifs is 21. The standard InChI is InChI=1S/C34H37N.C21H27N.C20H25N.C17H19N.C16H25N.C16H21N.C16H17N/c1-20-14-22(3)32(23(4)15-20)26-10-12-30-28(18-26)29-19-27(11-13-31(29)35(30)34(7,8)9)33-24(5)16-21(2)17-25(33)6;1-14-8-10-18-16(12-14)17-13-15(20(2,3)4)9-11-19(17)22(18)21(5,6)7;1-13(2)21-18-11-14(3)7-9-16(18)17-10-8-15(12-19(17)21)20(4,5)6;1-11(2)18-16-9-12(3)5-7-14(16)15-8-6-13(4)10-17(15)18;3*1-16(2,3)17-14-10-6-4-8-12(14)13-9-5-7-11-15(13)17/h10-19H,1-9H3;8-13H,1-7H3;7-13H,1-6H3;5-11H,1-4H3;4-11H2,1-3H3;4,6,8,10H,5,7,9,11H2,1-3H3;4-11H,1-3H3. The fourth-order valence-corrected chi connectivity index (χ4v) is 25.5. The second-order valence-electron chi connectivity index (χ2n) is 51.5. The van der Waals surface area contributed by atoms with E-state index in [0.29, 0.717) is 12.1 Å². The third-order valence-electron chi connectivity index (χ3n) is 31.4. The van der Waals surface area contributed by atoms with Crippen LogP contribution in [0.2, 0.25) is 0 Å². The molecule has 0 amide bonds. The molecular weight excluding hydrogens is 1780 g/mol. The lowest BCUT2D eigenvalue weighted by atomic mass is 9.86. The van der Waals surface area contributed by atoms with Crippen molar-refractivity contribution >= 4 is 120 Å². The Hall–Kier alpha value is -12.3. The van der Waals surface area contributed by atoms with E-state index < -0.39 is 0 Å². The van der Waals surface area contributed by atoms with E-state index in [1.165, 1.54) is 286 Å². The monoisotopic (exact) mass is 1950 g/mol. The molecule has 3 aliphatic carbocycles. The second-order valence-corrected chi connectivity index (χ2v) is 51.5. The van der Waals surface area contributed by atoms with Crippen LogP contribution in [0.25, 0.3) is 142 Å². The molecular formula is C140H171N7. The number of nitrogens with zero attached hydrogens (tertiary/aromatic N) is 7. The summed E-state index contributed by atoms with van der Waals surface area (Å²) in [6.45, 7) is 79.3. The predicted octanol–water partition coefficient (Wildman–Crippen LogP) is 39.7. The van der Waals surface area contributed by atoms with Gasteiger partial charge in [0.2, 0.25) is 0 Å². The lowest BCUT2D eigenvalue weighted by molar-refractivity contribution is 0.365. The first-order valence-electron chi connectivity index (χ1n) is 55.4. The molecule has 0 saturated carbocycles. The van der Waals surface area contributed by atoms with Crippen LogP contribution >= 0.6 is 0 Å². The van der Waals surface area contributed by atoms with Gasteiger partial charge in [0.05, 0.1) is 0 Å². The molecule has 0 aliphatic heterocycles. The van der Waals surface area contributed by atoms with Gasteiger partial charge >= 0.3 is 0 Å². The summed E-state index contributed by atoms with van der Waals surface area (Å²) >= 11 is 0. The van der Waals surface area contributed by atoms with E-state index in [1.54, 1.807) is 33.8 Å². The maximum Gasteiger partial charge on any atom is 0.0496 e. The third kappa shape index (κ3) is 21.1. The number of aryl methyl sites for hydroxylation is 11. The first-order chi connectivity index (χ1) is 69.2. The van der Waals surface area contributed by atoms with Gasteiger partial charge in [-0.15, -0.1) is 0 Å². The highest BCUT2D eigenvalue weighted by molar-refractivity contribution is 6.14. The van der Waals surface area contributed by atoms with Gasteiger partial charge in [-0.2, -0.15) is 0 Å². The van der Waals surface area contributed by atoms with E-state index in [9.17, 15) is 0 Å². The second kappa shape index (κ2) is 40.6. The van der Waals surface area contributed by atoms with E-state index in [4.69, 9.17) is 0 Å². The molecule has 0 unspecified atom stereocenters. The van der Waals surface area contributed by atoms with E-state index in [2.05, 4.69) is 517 Å². The number of hydrogen-bond acceptors (Lipinski definition) is 0. The summed E-state index contributed by atoms with van der Waals surface area (Å²) in [7, 11) is 0. The summed E-state index contributed by atoms with van der Waals surface area (Å²) in [6.07, 6.45) is 16.2. The van der Waals surface area contributed by atoms with Crippen LogP contribution in [-0.4, -0.2) is 32.0 Å². The molecule has 0 spiro atoms. The van der Waals surface area contributed by atoms with E-state index in [0.717, 1.165) is 0 Å². The Morgan fingerprint density at radius 3 is 0.816 bits per heavy atom. The van der Waals surface area contributed by atoms with Gasteiger partial charge in [-0.1, -0.05) is 210 Å². The average molecular weight is 1950 g/mol. The molecule has 0 N–H and O–H groups in total. The Morgan fingerprint density at radius 1 is 0.197 bits per heavy atom. The van der Waals surface area contributed by atoms with Gasteiger partial charge in [0.15, 0.2) is 0 Å². The number of benzene rings is 13. The summed E-state index contributed by atoms with van der Waals surface area (Å²) in [6, 6.07) is 91.5. The van der Waals surface area contributed by atoms with Gasteiger partial charge in [0, 0.05) is 177 Å². The zero-order valence-electron chi connectivity index (χ0n) is 96.4. The molecule has 7 heteroatoms. The Kier molecular flexibility index (Phi) is 29.3. The normalized spacial score (nSPS) is 13.7. The SMILES string of the molecule is CC(C)(C)n1c2c(c3c1CCCC3)CCCC2.CC(C)(C)n1c2c(c3ccccc31)CCCC2.CC(C)(C)n1c2ccccc2c2ccccc21.Cc1cc(C)c(-c2ccc3c(c2)c2cc(-c4c(C)cc(C)cc4C)ccc2n3C(C)(C)C)c(C)c1.Cc1ccc2c(c1)c1cc(C(C)(C)C)ccc1n2C(C)(C)C.Cc1ccc2c3ccc(C(C)(C)C)cc3n(C(C)C)c2c1.Cc1ccc2c3ccc(C)cc3n(C(C)C)c2c1. The average Bonchev–Trinajstić information content (AvgIpc) is 1.58. The fraction of sp³-hybridized carbons (Fsp3) is 0.400. The highest BCUT2D eigenvalue weighted by atomic mass is 15.1. The zero-order chi connectivity index (χ0) is 106. The van der Waals surface area contributed by atoms with E-state index in [1.807, 2.05) is 0 Å². The molecule has 7 aromatic heterocycles. The molecule has 23 rings (SSSR count). The summed E-state index contributed by atoms with van der Waals surface area (Å²) in [5.41, 5.74) is 47.2. The Morgan fingerprint density at radius 2 is 0.456 bits per heavy atom. The van der Waals surface area contributed by atoms with Crippen LogP contribution in [0.1, 0.15) is 324 Å². The van der Waals surface area contributed by atoms with Crippen molar-refractivity contribution < 1.29 is 0 Å². The van der Waals surface area contributed by atoms with Crippen LogP contribution < -0.4 is 0 Å². The number of para-hydroxylation sites is 3. The van der Waals surface area contributed by atoms with Crippen LogP contribution in [-0.2, 0) is 77.0 Å². The minimum atomic E-state index is -0.0194. The number of rotatable bonds is 4. The predicted molar refractivity (Wildman–Crippen MR) is 645 cm³/mol. The molecule has 0 bridgehead atoms. The molecule has 147 heavy (non-hydrogen) atoms. The third-order valence-corrected chi connectivity index (χ3v) is 31.4. The van der Waals surface area contributed by atoms with Crippen molar-refractivity contribution in [2.45, 2.75) is 370 Å². The van der Waals surface area contributed by atoms with Crippen molar-refractivity contribution in [3.05, 3.63) is 343 Å². The molecule has 0 radical (unpaired) electrons. The summed E-state index contributed by atoms with van der Waals surface area (Å²) in [4.78, 5) is 0. The number of aromatic nitrogens is 7. The molecule has 0 fully saturated rings. The van der Waals surface area contributed by atoms with Crippen molar-refractivity contribution in [2.75, 3.05) is 0 Å². The lowest BCUT2D eigenvalue weighted by Gasteiger charge is -2.29. The van der Waals surface area contributed by atoms with E-state index in [-0.39, 0.29) is 38.5 Å². The summed E-state index contributed by atoms with van der Waals surface area (Å²) in [5, 5.41) is 15.0. The van der Waals surface area contributed by atoms with Crippen LogP contribution in [0, 0.1) is 69.2 Å². The molecule has 7 heterocycles. The van der Waals surface area contributed by atoms with Crippen molar-refractivity contribution in [1.29, 1.82) is 0 Å². The van der Waals surface area contributed by atoms with Crippen LogP contribution in [0.15, 0.2) is 243 Å². The van der Waals surface area contributed by atoms with Gasteiger partial charge in [-0.25, -0.2) is 0 Å². The van der Waals surface area contributed by atoms with Gasteiger partial charge < -0.3 is 32.0 Å². The van der Waals surface area contributed by atoms with Gasteiger partial charge in [0.1, 0.15) is 0 Å².